The van der Waals surface area contributed by atoms with Gasteiger partial charge in [-0.05, 0) is 66.4 Å². The van der Waals surface area contributed by atoms with Crippen LogP contribution >= 0.6 is 0 Å². The highest BCUT2D eigenvalue weighted by Crippen LogP contribution is 2.33. The number of benzene rings is 4. The minimum absolute atomic E-state index is 0.0622. The number of nitrogens with zero attached hydrogens (tertiary/aromatic N) is 2. The molecular weight excluding hydrogens is 526 g/mol. The molecule has 0 aliphatic rings. The van der Waals surface area contributed by atoms with Gasteiger partial charge < -0.3 is 5.73 Å². The van der Waals surface area contributed by atoms with Crippen LogP contribution in [0.5, 0.6) is 0 Å². The molecule has 5 aromatic rings. The monoisotopic (exact) mass is 549 g/mol. The van der Waals surface area contributed by atoms with Crippen molar-refractivity contribution in [3.63, 3.8) is 0 Å². The normalized spacial score (nSPS) is 12.2. The molecule has 0 saturated heterocycles. The third-order valence-electron chi connectivity index (χ3n) is 6.04. The number of sulfonamides is 2. The molecule has 0 fully saturated rings. The first-order valence-corrected chi connectivity index (χ1v) is 14.4. The van der Waals surface area contributed by atoms with Crippen LogP contribution in [0.15, 0.2) is 88.7 Å². The highest BCUT2D eigenvalue weighted by atomic mass is 32.2. The van der Waals surface area contributed by atoms with Crippen LogP contribution in [-0.2, 0) is 31.3 Å². The Morgan fingerprint density at radius 1 is 0.895 bits per heavy atom. The molecule has 1 aromatic heterocycles. The molecule has 1 amide bonds. The second-order valence-corrected chi connectivity index (χ2v) is 12.1. The van der Waals surface area contributed by atoms with Crippen molar-refractivity contribution in [3.05, 3.63) is 90.1 Å². The van der Waals surface area contributed by atoms with Crippen molar-refractivity contribution in [2.24, 2.45) is 10.9 Å². The Hall–Kier alpha value is -4.26. The molecule has 38 heavy (non-hydrogen) atoms. The summed E-state index contributed by atoms with van der Waals surface area (Å²) in [7, 11) is -7.75. The molecule has 0 bridgehead atoms. The number of fused-ring (bicyclic) bond motifs is 3. The van der Waals surface area contributed by atoms with E-state index in [4.69, 9.17) is 10.9 Å². The minimum Gasteiger partial charge on any atom is -0.369 e. The lowest BCUT2D eigenvalue weighted by Crippen LogP contribution is -2.14. The van der Waals surface area contributed by atoms with Crippen LogP contribution in [-0.4, -0.2) is 32.5 Å². The standard InChI is InChI=1S/C26H23N5O5S2/c1-16-3-2-4-21(13-16)38(35,36)30-18-7-5-17-6-12-22-24(15-25(27)32)29-31(26(22)23(17)14-18)19-8-10-20(11-9-19)37(28,33)34/h2-14,30H,15H2,1H3,(H2,27,32)(H2,28,33,34). The molecule has 1 heterocycles. The number of rotatable bonds is 7. The number of carbonyl (C=O) groups excluding carboxylic acids is 1. The number of nitrogens with one attached hydrogen (secondary N) is 1. The Morgan fingerprint density at radius 2 is 1.61 bits per heavy atom. The zero-order chi connectivity index (χ0) is 27.2. The minimum atomic E-state index is -3.89. The van der Waals surface area contributed by atoms with Crippen LogP contribution in [0.4, 0.5) is 5.69 Å². The average molecular weight is 550 g/mol. The number of amides is 1. The van der Waals surface area contributed by atoms with E-state index >= 15 is 0 Å². The van der Waals surface area contributed by atoms with E-state index in [-0.39, 0.29) is 16.2 Å². The maximum absolute atomic E-state index is 13.0. The molecular formula is C26H23N5O5S2. The number of anilines is 1. The molecule has 0 aliphatic carbocycles. The van der Waals surface area contributed by atoms with Gasteiger partial charge in [-0.3, -0.25) is 9.52 Å². The largest absolute Gasteiger partial charge is 0.369 e. The van der Waals surface area contributed by atoms with E-state index in [1.54, 1.807) is 47.1 Å². The Kier molecular flexibility index (Phi) is 6.18. The number of primary sulfonamides is 1. The van der Waals surface area contributed by atoms with E-state index in [1.807, 2.05) is 25.1 Å². The van der Waals surface area contributed by atoms with Crippen molar-refractivity contribution in [3.8, 4) is 5.69 Å². The van der Waals surface area contributed by atoms with Gasteiger partial charge in [0.2, 0.25) is 15.9 Å². The maximum Gasteiger partial charge on any atom is 0.261 e. The molecule has 0 unspecified atom stereocenters. The van der Waals surface area contributed by atoms with Crippen LogP contribution in [0.3, 0.4) is 0 Å². The lowest BCUT2D eigenvalue weighted by atomic mass is 10.0. The number of primary amides is 1. The van der Waals surface area contributed by atoms with Gasteiger partial charge >= 0.3 is 0 Å². The molecule has 194 valence electrons. The summed E-state index contributed by atoms with van der Waals surface area (Å²) in [6.45, 7) is 1.81. The summed E-state index contributed by atoms with van der Waals surface area (Å²) in [6, 6.07) is 21.2. The summed E-state index contributed by atoms with van der Waals surface area (Å²) >= 11 is 0. The first-order valence-electron chi connectivity index (χ1n) is 11.4. The van der Waals surface area contributed by atoms with Crippen LogP contribution in [0, 0.1) is 6.92 Å². The quantitative estimate of drug-likeness (QED) is 0.282. The van der Waals surface area contributed by atoms with E-state index in [0.29, 0.717) is 33.4 Å². The summed E-state index contributed by atoms with van der Waals surface area (Å²) in [5, 5.41) is 11.9. The number of aryl methyl sites for hydroxylation is 1. The van der Waals surface area contributed by atoms with Gasteiger partial charge in [0, 0.05) is 16.5 Å². The zero-order valence-corrected chi connectivity index (χ0v) is 21.8. The summed E-state index contributed by atoms with van der Waals surface area (Å²) in [6.07, 6.45) is -0.121. The first-order chi connectivity index (χ1) is 17.9. The Balaban J connectivity index is 1.70. The second kappa shape index (κ2) is 9.24. The number of carbonyl (C=O) groups is 1. The molecule has 10 nitrogen and oxygen atoms in total. The van der Waals surface area contributed by atoms with Gasteiger partial charge in [0.1, 0.15) is 0 Å². The van der Waals surface area contributed by atoms with Crippen molar-refractivity contribution in [1.29, 1.82) is 0 Å². The molecule has 12 heteroatoms. The van der Waals surface area contributed by atoms with Gasteiger partial charge in [0.05, 0.1) is 33.1 Å². The number of hydrogen-bond donors (Lipinski definition) is 3. The lowest BCUT2D eigenvalue weighted by Gasteiger charge is -2.11. The number of nitrogens with two attached hydrogens (primary N) is 2. The highest BCUT2D eigenvalue weighted by Gasteiger charge is 2.19. The maximum atomic E-state index is 13.0. The van der Waals surface area contributed by atoms with Gasteiger partial charge in [-0.2, -0.15) is 5.10 Å². The van der Waals surface area contributed by atoms with E-state index in [1.165, 1.54) is 18.2 Å². The fraction of sp³-hybridized carbons (Fsp3) is 0.0769. The van der Waals surface area contributed by atoms with E-state index in [0.717, 1.165) is 10.9 Å². The smallest absolute Gasteiger partial charge is 0.261 e. The predicted octanol–water partition coefficient (Wildman–Crippen LogP) is 2.96. The fourth-order valence-corrected chi connectivity index (χ4v) is 5.98. The Morgan fingerprint density at radius 3 is 2.26 bits per heavy atom. The third kappa shape index (κ3) is 4.84. The van der Waals surface area contributed by atoms with Crippen LogP contribution in [0.25, 0.3) is 27.4 Å². The SMILES string of the molecule is Cc1cccc(S(=O)(=O)Nc2ccc3ccc4c(CC(N)=O)nn(-c5ccc(S(N)(=O)=O)cc5)c4c3c2)c1. The summed E-state index contributed by atoms with van der Waals surface area (Å²) < 4.78 is 53.7. The topological polar surface area (TPSA) is 167 Å². The Labute approximate surface area is 219 Å². The Bertz CT molecular complexity index is 1950. The predicted molar refractivity (Wildman–Crippen MR) is 145 cm³/mol. The van der Waals surface area contributed by atoms with E-state index < -0.39 is 26.0 Å². The molecule has 0 atom stereocenters. The van der Waals surface area contributed by atoms with E-state index in [2.05, 4.69) is 9.82 Å². The number of hydrogen-bond acceptors (Lipinski definition) is 6. The highest BCUT2D eigenvalue weighted by molar-refractivity contribution is 7.92. The summed E-state index contributed by atoms with van der Waals surface area (Å²) in [4.78, 5) is 11.8. The zero-order valence-electron chi connectivity index (χ0n) is 20.1. The number of aromatic nitrogens is 2. The van der Waals surface area contributed by atoms with Crippen molar-refractivity contribution in [2.45, 2.75) is 23.1 Å². The molecule has 0 spiro atoms. The van der Waals surface area contributed by atoms with Gasteiger partial charge in [-0.1, -0.05) is 30.3 Å². The fourth-order valence-electron chi connectivity index (χ4n) is 4.31. The second-order valence-electron chi connectivity index (χ2n) is 8.86. The van der Waals surface area contributed by atoms with Gasteiger partial charge in [-0.25, -0.2) is 26.7 Å². The van der Waals surface area contributed by atoms with Crippen LogP contribution in [0.2, 0.25) is 0 Å². The van der Waals surface area contributed by atoms with Crippen molar-refractivity contribution in [2.75, 3.05) is 4.72 Å². The van der Waals surface area contributed by atoms with Crippen molar-refractivity contribution < 1.29 is 21.6 Å². The van der Waals surface area contributed by atoms with Crippen LogP contribution < -0.4 is 15.6 Å². The molecule has 0 radical (unpaired) electrons. The van der Waals surface area contributed by atoms with Gasteiger partial charge in [0.15, 0.2) is 0 Å². The molecule has 5 N–H and O–H groups in total. The third-order valence-corrected chi connectivity index (χ3v) is 8.35. The van der Waals surface area contributed by atoms with Crippen LogP contribution in [0.1, 0.15) is 11.3 Å². The molecule has 0 saturated carbocycles. The summed E-state index contributed by atoms with van der Waals surface area (Å²) in [5.74, 6) is -0.569. The van der Waals surface area contributed by atoms with E-state index in [9.17, 15) is 21.6 Å². The first kappa shape index (κ1) is 25.4. The molecule has 4 aromatic carbocycles. The molecule has 5 rings (SSSR count). The van der Waals surface area contributed by atoms with Gasteiger partial charge in [0.25, 0.3) is 10.0 Å². The lowest BCUT2D eigenvalue weighted by molar-refractivity contribution is -0.117. The average Bonchev–Trinajstić information content (AvgIpc) is 3.21. The summed E-state index contributed by atoms with van der Waals surface area (Å²) in [5.41, 5.74) is 8.14. The van der Waals surface area contributed by atoms with Crippen molar-refractivity contribution in [1.82, 2.24) is 9.78 Å². The van der Waals surface area contributed by atoms with Crippen molar-refractivity contribution >= 4 is 53.3 Å². The molecule has 0 aliphatic heterocycles. The van der Waals surface area contributed by atoms with Gasteiger partial charge in [-0.15, -0.1) is 0 Å².